The maximum atomic E-state index is 12.7. The van der Waals surface area contributed by atoms with Crippen molar-refractivity contribution >= 4 is 50.5 Å². The van der Waals surface area contributed by atoms with Gasteiger partial charge in [-0.2, -0.15) is 0 Å². The molecule has 4 rings (SSSR count). The van der Waals surface area contributed by atoms with Gasteiger partial charge < -0.3 is 9.80 Å². The molecule has 128 valence electrons. The van der Waals surface area contributed by atoms with E-state index in [0.29, 0.717) is 24.7 Å². The van der Waals surface area contributed by atoms with Gasteiger partial charge >= 0.3 is 0 Å². The van der Waals surface area contributed by atoms with Crippen LogP contribution in [0.2, 0.25) is 0 Å². The van der Waals surface area contributed by atoms with Crippen LogP contribution in [0.1, 0.15) is 10.5 Å². The highest BCUT2D eigenvalue weighted by Crippen LogP contribution is 2.28. The van der Waals surface area contributed by atoms with Gasteiger partial charge in [0.1, 0.15) is 10.7 Å². The van der Waals surface area contributed by atoms with Crippen LogP contribution in [0.3, 0.4) is 0 Å². The number of hydrogen-bond acceptors (Lipinski definition) is 7. The Labute approximate surface area is 161 Å². The SMILES string of the molecule is O=C(c1csc(-c2cccs2)n1)N1CCN(c2ncc(Br)cn2)CC1. The predicted molar refractivity (Wildman–Crippen MR) is 103 cm³/mol. The molecular formula is C16H14BrN5OS2. The smallest absolute Gasteiger partial charge is 0.273 e. The van der Waals surface area contributed by atoms with Crippen molar-refractivity contribution in [2.45, 2.75) is 0 Å². The first-order chi connectivity index (χ1) is 12.2. The summed E-state index contributed by atoms with van der Waals surface area (Å²) in [5.74, 6) is 0.694. The van der Waals surface area contributed by atoms with Gasteiger partial charge in [0.15, 0.2) is 0 Å². The highest BCUT2D eigenvalue weighted by molar-refractivity contribution is 9.10. The first kappa shape index (κ1) is 16.6. The van der Waals surface area contributed by atoms with Gasteiger partial charge in [-0.1, -0.05) is 6.07 Å². The number of anilines is 1. The molecule has 0 radical (unpaired) electrons. The number of carbonyl (C=O) groups is 1. The molecule has 3 aromatic rings. The van der Waals surface area contributed by atoms with Crippen molar-refractivity contribution in [3.8, 4) is 9.88 Å². The Bertz CT molecular complexity index is 857. The van der Waals surface area contributed by atoms with Gasteiger partial charge in [0.05, 0.1) is 9.35 Å². The van der Waals surface area contributed by atoms with Gasteiger partial charge in [-0.25, -0.2) is 15.0 Å². The molecule has 1 saturated heterocycles. The van der Waals surface area contributed by atoms with E-state index in [9.17, 15) is 4.79 Å². The van der Waals surface area contributed by atoms with Crippen LogP contribution in [0.4, 0.5) is 5.95 Å². The molecule has 0 bridgehead atoms. The zero-order valence-electron chi connectivity index (χ0n) is 13.1. The Morgan fingerprint density at radius 1 is 1.12 bits per heavy atom. The Balaban J connectivity index is 1.40. The number of carbonyl (C=O) groups excluding carboxylic acids is 1. The average Bonchev–Trinajstić information content (AvgIpc) is 3.33. The number of amides is 1. The minimum atomic E-state index is -0.00423. The van der Waals surface area contributed by atoms with Crippen molar-refractivity contribution in [2.75, 3.05) is 31.1 Å². The van der Waals surface area contributed by atoms with E-state index >= 15 is 0 Å². The lowest BCUT2D eigenvalue weighted by Gasteiger charge is -2.34. The van der Waals surface area contributed by atoms with Gasteiger partial charge in [-0.15, -0.1) is 22.7 Å². The van der Waals surface area contributed by atoms with Crippen LogP contribution in [-0.2, 0) is 0 Å². The van der Waals surface area contributed by atoms with E-state index in [4.69, 9.17) is 0 Å². The number of halogens is 1. The highest BCUT2D eigenvalue weighted by Gasteiger charge is 2.25. The summed E-state index contributed by atoms with van der Waals surface area (Å²) in [6, 6.07) is 4.01. The van der Waals surface area contributed by atoms with Crippen LogP contribution in [0.25, 0.3) is 9.88 Å². The minimum absolute atomic E-state index is 0.00423. The second-order valence-electron chi connectivity index (χ2n) is 5.50. The Kier molecular flexibility index (Phi) is 4.78. The van der Waals surface area contributed by atoms with Gasteiger partial charge in [0.2, 0.25) is 5.95 Å². The van der Waals surface area contributed by atoms with E-state index in [1.165, 1.54) is 11.3 Å². The molecule has 0 unspecified atom stereocenters. The van der Waals surface area contributed by atoms with Crippen LogP contribution in [0, 0.1) is 0 Å². The summed E-state index contributed by atoms with van der Waals surface area (Å²) in [7, 11) is 0. The summed E-state index contributed by atoms with van der Waals surface area (Å²) in [5, 5.41) is 4.77. The number of nitrogens with zero attached hydrogens (tertiary/aromatic N) is 5. The number of aromatic nitrogens is 3. The number of piperazine rings is 1. The van der Waals surface area contributed by atoms with E-state index in [-0.39, 0.29) is 5.91 Å². The molecular weight excluding hydrogens is 422 g/mol. The summed E-state index contributed by atoms with van der Waals surface area (Å²) in [6.07, 6.45) is 3.47. The normalized spacial score (nSPS) is 14.8. The molecule has 1 aliphatic heterocycles. The fourth-order valence-corrected chi connectivity index (χ4v) is 4.44. The van der Waals surface area contributed by atoms with E-state index in [0.717, 1.165) is 27.4 Å². The van der Waals surface area contributed by atoms with E-state index in [1.54, 1.807) is 23.7 Å². The number of rotatable bonds is 3. The molecule has 0 atom stereocenters. The third-order valence-corrected chi connectivity index (χ3v) is 6.20. The highest BCUT2D eigenvalue weighted by atomic mass is 79.9. The van der Waals surface area contributed by atoms with Crippen LogP contribution in [0.15, 0.2) is 39.8 Å². The summed E-state index contributed by atoms with van der Waals surface area (Å²) < 4.78 is 0.857. The van der Waals surface area contributed by atoms with Crippen molar-refractivity contribution in [3.63, 3.8) is 0 Å². The van der Waals surface area contributed by atoms with Crippen molar-refractivity contribution in [1.82, 2.24) is 19.9 Å². The molecule has 0 N–H and O–H groups in total. The third-order valence-electron chi connectivity index (χ3n) is 3.91. The molecule has 3 aromatic heterocycles. The van der Waals surface area contributed by atoms with E-state index in [2.05, 4.69) is 35.8 Å². The monoisotopic (exact) mass is 435 g/mol. The van der Waals surface area contributed by atoms with Crippen molar-refractivity contribution in [1.29, 1.82) is 0 Å². The van der Waals surface area contributed by atoms with Crippen LogP contribution in [0.5, 0.6) is 0 Å². The number of thiophene rings is 1. The zero-order chi connectivity index (χ0) is 17.2. The number of thiazole rings is 1. The molecule has 25 heavy (non-hydrogen) atoms. The fraction of sp³-hybridized carbons (Fsp3) is 0.250. The first-order valence-electron chi connectivity index (χ1n) is 7.72. The summed E-state index contributed by atoms with van der Waals surface area (Å²) in [5.41, 5.74) is 0.529. The largest absolute Gasteiger partial charge is 0.337 e. The van der Waals surface area contributed by atoms with Crippen molar-refractivity contribution < 1.29 is 4.79 Å². The molecule has 0 saturated carbocycles. The maximum absolute atomic E-state index is 12.7. The van der Waals surface area contributed by atoms with Crippen LogP contribution in [-0.4, -0.2) is 51.9 Å². The molecule has 0 spiro atoms. The molecule has 9 heteroatoms. The van der Waals surface area contributed by atoms with Gasteiger partial charge in [0, 0.05) is 44.0 Å². The van der Waals surface area contributed by atoms with Gasteiger partial charge in [-0.05, 0) is 27.4 Å². The predicted octanol–water partition coefficient (Wildman–Crippen LogP) is 3.39. The zero-order valence-corrected chi connectivity index (χ0v) is 16.4. The third kappa shape index (κ3) is 3.58. The molecule has 1 aliphatic rings. The standard InChI is InChI=1S/C16H14BrN5OS2/c17-11-8-18-16(19-9-11)22-5-3-21(4-6-22)15(23)12-10-25-14(20-12)13-2-1-7-24-13/h1-2,7-10H,3-6H2. The molecule has 0 aromatic carbocycles. The summed E-state index contributed by atoms with van der Waals surface area (Å²) in [4.78, 5) is 30.9. The molecule has 0 aliphatic carbocycles. The van der Waals surface area contributed by atoms with Gasteiger partial charge in [0.25, 0.3) is 5.91 Å². The van der Waals surface area contributed by atoms with Gasteiger partial charge in [-0.3, -0.25) is 4.79 Å². The number of hydrogen-bond donors (Lipinski definition) is 0. The molecule has 1 amide bonds. The average molecular weight is 436 g/mol. The topological polar surface area (TPSA) is 62.2 Å². The lowest BCUT2D eigenvalue weighted by molar-refractivity contribution is 0.0741. The van der Waals surface area contributed by atoms with Crippen molar-refractivity contribution in [2.24, 2.45) is 0 Å². The Morgan fingerprint density at radius 3 is 2.56 bits per heavy atom. The van der Waals surface area contributed by atoms with E-state index in [1.807, 2.05) is 27.8 Å². The maximum Gasteiger partial charge on any atom is 0.273 e. The lowest BCUT2D eigenvalue weighted by Crippen LogP contribution is -2.49. The summed E-state index contributed by atoms with van der Waals surface area (Å²) >= 11 is 6.49. The van der Waals surface area contributed by atoms with Crippen LogP contribution >= 0.6 is 38.6 Å². The quantitative estimate of drug-likeness (QED) is 0.630. The second-order valence-corrected chi connectivity index (χ2v) is 8.22. The molecule has 6 nitrogen and oxygen atoms in total. The summed E-state index contributed by atoms with van der Waals surface area (Å²) in [6.45, 7) is 2.72. The Morgan fingerprint density at radius 2 is 1.88 bits per heavy atom. The molecule has 4 heterocycles. The lowest BCUT2D eigenvalue weighted by atomic mass is 10.3. The minimum Gasteiger partial charge on any atom is -0.337 e. The van der Waals surface area contributed by atoms with Crippen molar-refractivity contribution in [3.05, 3.63) is 45.5 Å². The first-order valence-corrected chi connectivity index (χ1v) is 10.3. The Hall–Kier alpha value is -1.84. The van der Waals surface area contributed by atoms with Crippen LogP contribution < -0.4 is 4.90 Å². The van der Waals surface area contributed by atoms with E-state index < -0.39 is 0 Å². The molecule has 1 fully saturated rings. The fourth-order valence-electron chi connectivity index (χ4n) is 2.63. The second kappa shape index (κ2) is 7.19.